The van der Waals surface area contributed by atoms with Crippen molar-refractivity contribution in [2.45, 2.75) is 38.6 Å². The maximum absolute atomic E-state index is 11.8. The minimum Gasteiger partial charge on any atom is -0.466 e. The van der Waals surface area contributed by atoms with Crippen LogP contribution in [0.4, 0.5) is 5.69 Å². The van der Waals surface area contributed by atoms with Crippen molar-refractivity contribution >= 4 is 15.5 Å². The smallest absolute Gasteiger partial charge is 0.178 e. The zero-order valence-corrected chi connectivity index (χ0v) is 13.6. The van der Waals surface area contributed by atoms with E-state index >= 15 is 0 Å². The first-order valence-corrected chi connectivity index (χ1v) is 8.65. The van der Waals surface area contributed by atoms with Gasteiger partial charge in [-0.3, -0.25) is 0 Å². The fourth-order valence-corrected chi connectivity index (χ4v) is 3.22. The Hall–Kier alpha value is -1.75. The third-order valence-electron chi connectivity index (χ3n) is 3.52. The predicted octanol–water partition coefficient (Wildman–Crippen LogP) is 3.86. The van der Waals surface area contributed by atoms with E-state index < -0.39 is 9.84 Å². The Morgan fingerprint density at radius 1 is 1.19 bits per heavy atom. The Balaban J connectivity index is 2.15. The van der Waals surface area contributed by atoms with E-state index in [4.69, 9.17) is 4.42 Å². The molecule has 0 spiro atoms. The number of sulfone groups is 1. The molecule has 0 bridgehead atoms. The summed E-state index contributed by atoms with van der Waals surface area (Å²) in [4.78, 5) is 0.360. The number of anilines is 1. The molecule has 0 aliphatic heterocycles. The highest BCUT2D eigenvalue weighted by Crippen LogP contribution is 2.25. The lowest BCUT2D eigenvalue weighted by atomic mass is 10.1. The Labute approximate surface area is 126 Å². The van der Waals surface area contributed by atoms with E-state index in [1.165, 1.54) is 0 Å². The molecule has 1 atom stereocenters. The molecule has 0 amide bonds. The summed E-state index contributed by atoms with van der Waals surface area (Å²) in [5.74, 6) is 1.90. The van der Waals surface area contributed by atoms with Gasteiger partial charge in [-0.25, -0.2) is 8.42 Å². The number of hydrogen-bond donors (Lipinski definition) is 1. The van der Waals surface area contributed by atoms with Crippen LogP contribution in [-0.4, -0.2) is 14.2 Å². The van der Waals surface area contributed by atoms with E-state index in [1.807, 2.05) is 26.8 Å². The lowest BCUT2D eigenvalue weighted by Gasteiger charge is -2.15. The van der Waals surface area contributed by atoms with Crippen molar-refractivity contribution in [3.63, 3.8) is 0 Å². The molecule has 5 heteroatoms. The van der Waals surface area contributed by atoms with Crippen LogP contribution in [-0.2, 0) is 9.84 Å². The third-order valence-corrected chi connectivity index (χ3v) is 5.27. The number of benzene rings is 1. The quantitative estimate of drug-likeness (QED) is 0.911. The minimum absolute atomic E-state index is 0.0936. The fraction of sp³-hybridized carbons (Fsp3) is 0.375. The Morgan fingerprint density at radius 2 is 1.81 bits per heavy atom. The number of hydrogen-bond acceptors (Lipinski definition) is 4. The lowest BCUT2D eigenvalue weighted by molar-refractivity contribution is 0.500. The number of furan rings is 1. The van der Waals surface area contributed by atoms with Gasteiger partial charge in [-0.05, 0) is 51.1 Å². The van der Waals surface area contributed by atoms with Gasteiger partial charge in [0, 0.05) is 11.3 Å². The summed E-state index contributed by atoms with van der Waals surface area (Å²) < 4.78 is 29.1. The summed E-state index contributed by atoms with van der Waals surface area (Å²) in [5, 5.41) is 3.35. The maximum atomic E-state index is 11.8. The largest absolute Gasteiger partial charge is 0.466 e. The Kier molecular flexibility index (Phi) is 4.42. The van der Waals surface area contributed by atoms with E-state index in [9.17, 15) is 8.42 Å². The summed E-state index contributed by atoms with van der Waals surface area (Å²) in [7, 11) is -3.14. The first-order valence-electron chi connectivity index (χ1n) is 6.99. The average molecular weight is 307 g/mol. The Bertz CT molecular complexity index is 714. The zero-order valence-electron chi connectivity index (χ0n) is 12.8. The van der Waals surface area contributed by atoms with Gasteiger partial charge in [0.15, 0.2) is 9.84 Å². The van der Waals surface area contributed by atoms with Crippen molar-refractivity contribution in [2.75, 3.05) is 11.1 Å². The van der Waals surface area contributed by atoms with Gasteiger partial charge in [0.25, 0.3) is 0 Å². The molecule has 2 aromatic rings. The Morgan fingerprint density at radius 3 is 2.29 bits per heavy atom. The van der Waals surface area contributed by atoms with Crippen molar-refractivity contribution in [1.82, 2.24) is 0 Å². The summed E-state index contributed by atoms with van der Waals surface area (Å²) in [6.45, 7) is 7.56. The summed E-state index contributed by atoms with van der Waals surface area (Å²) >= 11 is 0. The van der Waals surface area contributed by atoms with Crippen LogP contribution in [0, 0.1) is 13.8 Å². The van der Waals surface area contributed by atoms with Gasteiger partial charge in [-0.1, -0.05) is 6.92 Å². The van der Waals surface area contributed by atoms with Crippen LogP contribution in [0.3, 0.4) is 0 Å². The molecule has 114 valence electrons. The van der Waals surface area contributed by atoms with E-state index in [0.717, 1.165) is 22.8 Å². The second-order valence-corrected chi connectivity index (χ2v) is 7.44. The van der Waals surface area contributed by atoms with Gasteiger partial charge >= 0.3 is 0 Å². The fourth-order valence-electron chi connectivity index (χ4n) is 2.33. The highest BCUT2D eigenvalue weighted by molar-refractivity contribution is 7.91. The monoisotopic (exact) mass is 307 g/mol. The molecule has 21 heavy (non-hydrogen) atoms. The van der Waals surface area contributed by atoms with Crippen molar-refractivity contribution in [3.05, 3.63) is 47.4 Å². The minimum atomic E-state index is -3.14. The molecule has 2 rings (SSSR count). The molecule has 1 aromatic carbocycles. The topological polar surface area (TPSA) is 59.3 Å². The summed E-state index contributed by atoms with van der Waals surface area (Å²) in [5.41, 5.74) is 1.99. The van der Waals surface area contributed by atoms with E-state index in [-0.39, 0.29) is 11.8 Å². The van der Waals surface area contributed by atoms with Crippen LogP contribution < -0.4 is 5.32 Å². The standard InChI is InChI=1S/C16H21NO3S/c1-5-21(18,19)15-8-6-14(7-9-15)17-12(3)16-10-11(2)20-13(16)4/h6-10,12,17H,5H2,1-4H3. The van der Waals surface area contributed by atoms with E-state index in [2.05, 4.69) is 5.32 Å². The molecule has 1 heterocycles. The van der Waals surface area contributed by atoms with Crippen molar-refractivity contribution < 1.29 is 12.8 Å². The highest BCUT2D eigenvalue weighted by atomic mass is 32.2. The highest BCUT2D eigenvalue weighted by Gasteiger charge is 2.14. The SMILES string of the molecule is CCS(=O)(=O)c1ccc(NC(C)c2cc(C)oc2C)cc1. The van der Waals surface area contributed by atoms with Gasteiger partial charge < -0.3 is 9.73 Å². The van der Waals surface area contributed by atoms with Crippen molar-refractivity contribution in [1.29, 1.82) is 0 Å². The van der Waals surface area contributed by atoms with Crippen LogP contribution >= 0.6 is 0 Å². The molecule has 0 aliphatic carbocycles. The van der Waals surface area contributed by atoms with Crippen molar-refractivity contribution in [2.24, 2.45) is 0 Å². The molecule has 1 unspecified atom stereocenters. The first-order chi connectivity index (χ1) is 9.83. The molecular weight excluding hydrogens is 286 g/mol. The van der Waals surface area contributed by atoms with Gasteiger partial charge in [-0.15, -0.1) is 0 Å². The van der Waals surface area contributed by atoms with Crippen LogP contribution in [0.25, 0.3) is 0 Å². The second kappa shape index (κ2) is 5.93. The normalized spacial score (nSPS) is 13.1. The number of rotatable bonds is 5. The molecule has 1 N–H and O–H groups in total. The van der Waals surface area contributed by atoms with Crippen LogP contribution in [0.5, 0.6) is 0 Å². The molecule has 0 fully saturated rings. The molecule has 4 nitrogen and oxygen atoms in total. The van der Waals surface area contributed by atoms with Gasteiger partial charge in [0.2, 0.25) is 0 Å². The molecule has 1 aromatic heterocycles. The van der Waals surface area contributed by atoms with E-state index in [0.29, 0.717) is 4.90 Å². The maximum Gasteiger partial charge on any atom is 0.178 e. The number of nitrogens with one attached hydrogen (secondary N) is 1. The first kappa shape index (κ1) is 15.6. The van der Waals surface area contributed by atoms with E-state index in [1.54, 1.807) is 31.2 Å². The number of aryl methyl sites for hydroxylation is 2. The zero-order chi connectivity index (χ0) is 15.6. The van der Waals surface area contributed by atoms with Crippen LogP contribution in [0.15, 0.2) is 39.6 Å². The van der Waals surface area contributed by atoms with Gasteiger partial charge in [-0.2, -0.15) is 0 Å². The van der Waals surface area contributed by atoms with Gasteiger partial charge in [0.1, 0.15) is 11.5 Å². The molecule has 0 saturated heterocycles. The second-order valence-electron chi connectivity index (χ2n) is 5.16. The van der Waals surface area contributed by atoms with Crippen molar-refractivity contribution in [3.8, 4) is 0 Å². The van der Waals surface area contributed by atoms with Gasteiger partial charge in [0.05, 0.1) is 16.7 Å². The van der Waals surface area contributed by atoms with Crippen LogP contribution in [0.2, 0.25) is 0 Å². The molecule has 0 saturated carbocycles. The molecular formula is C16H21NO3S. The summed E-state index contributed by atoms with van der Waals surface area (Å²) in [6, 6.07) is 8.98. The molecule has 0 aliphatic rings. The lowest BCUT2D eigenvalue weighted by Crippen LogP contribution is -2.07. The van der Waals surface area contributed by atoms with Crippen LogP contribution in [0.1, 0.15) is 37.0 Å². The molecule has 0 radical (unpaired) electrons. The predicted molar refractivity (Wildman–Crippen MR) is 84.4 cm³/mol. The third kappa shape index (κ3) is 3.47. The summed E-state index contributed by atoms with van der Waals surface area (Å²) in [6.07, 6.45) is 0. The average Bonchev–Trinajstić information content (AvgIpc) is 2.78.